The molecule has 10 heteroatoms. The monoisotopic (exact) mass is 384 g/mol. The maximum atomic E-state index is 11.6. The summed E-state index contributed by atoms with van der Waals surface area (Å²) in [4.78, 5) is 11.9. The number of halogens is 2. The van der Waals surface area contributed by atoms with Gasteiger partial charge < -0.3 is 4.74 Å². The third-order valence-corrected chi connectivity index (χ3v) is 5.47. The number of rotatable bonds is 2. The van der Waals surface area contributed by atoms with Gasteiger partial charge in [0.2, 0.25) is 0 Å². The Morgan fingerprint density at radius 2 is 2.26 bits per heavy atom. The van der Waals surface area contributed by atoms with Crippen LogP contribution < -0.4 is 4.72 Å². The first-order chi connectivity index (χ1) is 8.82. The van der Waals surface area contributed by atoms with Crippen LogP contribution in [0.5, 0.6) is 0 Å². The Morgan fingerprint density at radius 1 is 1.58 bits per heavy atom. The molecule has 0 spiro atoms. The number of hydrogen-bond donors (Lipinski definition) is 1. The summed E-state index contributed by atoms with van der Waals surface area (Å²) >= 11 is 10.3. The topological polar surface area (TPSA) is 84.8 Å². The molecule has 0 atom stereocenters. The minimum absolute atomic E-state index is 0.216. The zero-order valence-corrected chi connectivity index (χ0v) is 13.3. The lowest BCUT2D eigenvalue weighted by atomic mass is 10.2. The summed E-state index contributed by atoms with van der Waals surface area (Å²) in [5.74, 6) is -0.829. The van der Waals surface area contributed by atoms with Crippen LogP contribution in [0.2, 0.25) is 4.34 Å². The van der Waals surface area contributed by atoms with Crippen molar-refractivity contribution in [3.63, 3.8) is 0 Å². The lowest BCUT2D eigenvalue weighted by molar-refractivity contribution is -0.132. The van der Waals surface area contributed by atoms with Crippen LogP contribution in [0.15, 0.2) is 21.0 Å². The van der Waals surface area contributed by atoms with Gasteiger partial charge in [-0.25, -0.2) is 4.79 Å². The van der Waals surface area contributed by atoms with Gasteiger partial charge in [0.15, 0.2) is 5.71 Å². The molecule has 2 rings (SSSR count). The quantitative estimate of drug-likeness (QED) is 0.789. The Bertz CT molecular complexity index is 688. The van der Waals surface area contributed by atoms with E-state index in [-0.39, 0.29) is 11.4 Å². The van der Waals surface area contributed by atoms with Crippen LogP contribution in [0.4, 0.5) is 0 Å². The van der Waals surface area contributed by atoms with E-state index in [1.807, 2.05) is 0 Å². The predicted molar refractivity (Wildman–Crippen MR) is 76.5 cm³/mol. The molecule has 0 radical (unpaired) electrons. The lowest BCUT2D eigenvalue weighted by Crippen LogP contribution is -2.29. The Kier molecular flexibility index (Phi) is 4.00. The third-order valence-electron chi connectivity index (χ3n) is 2.04. The number of hydrogen-bond acceptors (Lipinski definition) is 5. The smallest absolute Gasteiger partial charge is 0.357 e. The molecule has 1 N–H and O–H groups in total. The SMILES string of the molecule is COC(=O)C1=NS(=O)(=O)NC(c2cc(Br)c(Cl)s2)=C1. The Morgan fingerprint density at radius 3 is 2.79 bits per heavy atom. The van der Waals surface area contributed by atoms with Gasteiger partial charge in [-0.2, -0.15) is 8.42 Å². The summed E-state index contributed by atoms with van der Waals surface area (Å²) in [6.45, 7) is 0. The highest BCUT2D eigenvalue weighted by atomic mass is 79.9. The highest BCUT2D eigenvalue weighted by molar-refractivity contribution is 9.10. The van der Waals surface area contributed by atoms with E-state index in [4.69, 9.17) is 11.6 Å². The molecular weight excluding hydrogens is 380 g/mol. The number of carbonyl (C=O) groups is 1. The molecule has 0 aromatic carbocycles. The maximum Gasteiger partial charge on any atom is 0.357 e. The molecule has 0 amide bonds. The molecule has 1 aliphatic heterocycles. The van der Waals surface area contributed by atoms with Crippen LogP contribution in [0.25, 0.3) is 5.70 Å². The molecule has 0 saturated heterocycles. The van der Waals surface area contributed by atoms with Gasteiger partial charge in [0.25, 0.3) is 0 Å². The summed E-state index contributed by atoms with van der Waals surface area (Å²) in [5, 5.41) is 0. The van der Waals surface area contributed by atoms with Gasteiger partial charge in [0.1, 0.15) is 4.34 Å². The Balaban J connectivity index is 2.49. The van der Waals surface area contributed by atoms with E-state index in [0.717, 1.165) is 18.4 Å². The average Bonchev–Trinajstić information content (AvgIpc) is 2.66. The van der Waals surface area contributed by atoms with E-state index in [2.05, 4.69) is 29.8 Å². The first-order valence-corrected chi connectivity index (χ1v) is 8.13. The molecule has 0 fully saturated rings. The molecular formula is C9H6BrClN2O4S2. The van der Waals surface area contributed by atoms with Crippen LogP contribution in [0.3, 0.4) is 0 Å². The lowest BCUT2D eigenvalue weighted by Gasteiger charge is -2.12. The molecule has 0 saturated carbocycles. The van der Waals surface area contributed by atoms with Gasteiger partial charge in [-0.05, 0) is 28.1 Å². The van der Waals surface area contributed by atoms with Gasteiger partial charge in [-0.1, -0.05) is 11.6 Å². The van der Waals surface area contributed by atoms with Crippen molar-refractivity contribution in [2.75, 3.05) is 7.11 Å². The van der Waals surface area contributed by atoms with Crippen LogP contribution in [-0.4, -0.2) is 27.2 Å². The number of methoxy groups -OCH3 is 1. The van der Waals surface area contributed by atoms with Crippen molar-refractivity contribution in [3.8, 4) is 0 Å². The minimum atomic E-state index is -3.97. The fourth-order valence-electron chi connectivity index (χ4n) is 1.29. The zero-order chi connectivity index (χ0) is 14.2. The maximum absolute atomic E-state index is 11.6. The largest absolute Gasteiger partial charge is 0.464 e. The minimum Gasteiger partial charge on any atom is -0.464 e. The van der Waals surface area contributed by atoms with Crippen LogP contribution in [-0.2, 0) is 19.7 Å². The first kappa shape index (κ1) is 14.5. The van der Waals surface area contributed by atoms with E-state index in [1.165, 1.54) is 6.08 Å². The number of thiophene rings is 1. The molecule has 1 aromatic rings. The zero-order valence-electron chi connectivity index (χ0n) is 9.31. The summed E-state index contributed by atoms with van der Waals surface area (Å²) in [5.41, 5.74) is -0.0788. The summed E-state index contributed by atoms with van der Waals surface area (Å²) in [6.07, 6.45) is 1.29. The van der Waals surface area contributed by atoms with Crippen LogP contribution >= 0.6 is 38.9 Å². The van der Waals surface area contributed by atoms with Crippen LogP contribution in [0, 0.1) is 0 Å². The number of esters is 1. The number of nitrogens with zero attached hydrogens (tertiary/aromatic N) is 1. The standard InChI is InChI=1S/C9H6BrClN2O4S2/c1-17-9(14)6-3-5(12-19(15,16)13-6)7-2-4(10)8(11)18-7/h2-3,12H,1H3. The molecule has 1 aromatic heterocycles. The molecule has 6 nitrogen and oxygen atoms in total. The van der Waals surface area contributed by atoms with Gasteiger partial charge >= 0.3 is 16.2 Å². The number of carbonyl (C=O) groups excluding carboxylic acids is 1. The van der Waals surface area contributed by atoms with Crippen molar-refractivity contribution in [2.24, 2.45) is 4.40 Å². The Hall–Kier alpha value is -0.900. The van der Waals surface area contributed by atoms with E-state index >= 15 is 0 Å². The van der Waals surface area contributed by atoms with E-state index in [9.17, 15) is 13.2 Å². The summed E-state index contributed by atoms with van der Waals surface area (Å²) in [7, 11) is -2.83. The highest BCUT2D eigenvalue weighted by Crippen LogP contribution is 2.35. The molecule has 0 aliphatic carbocycles. The molecule has 2 heterocycles. The van der Waals surface area contributed by atoms with E-state index in [1.54, 1.807) is 6.07 Å². The van der Waals surface area contributed by atoms with Crippen molar-refractivity contribution in [3.05, 3.63) is 25.8 Å². The fourth-order valence-corrected chi connectivity index (χ4v) is 3.90. The van der Waals surface area contributed by atoms with Gasteiger partial charge in [0, 0.05) is 4.47 Å². The van der Waals surface area contributed by atoms with Crippen molar-refractivity contribution in [2.45, 2.75) is 0 Å². The molecule has 0 bridgehead atoms. The summed E-state index contributed by atoms with van der Waals surface area (Å²) in [6, 6.07) is 1.64. The molecule has 19 heavy (non-hydrogen) atoms. The second kappa shape index (κ2) is 5.23. The first-order valence-electron chi connectivity index (χ1n) is 4.70. The van der Waals surface area contributed by atoms with E-state index < -0.39 is 16.2 Å². The van der Waals surface area contributed by atoms with Gasteiger partial charge in [-0.3, -0.25) is 4.72 Å². The number of ether oxygens (including phenoxy) is 1. The van der Waals surface area contributed by atoms with Crippen molar-refractivity contribution in [1.82, 2.24) is 4.72 Å². The molecule has 1 aliphatic rings. The normalized spacial score (nSPS) is 17.2. The van der Waals surface area contributed by atoms with Gasteiger partial charge in [-0.15, -0.1) is 15.7 Å². The predicted octanol–water partition coefficient (Wildman–Crippen LogP) is 1.97. The van der Waals surface area contributed by atoms with Crippen molar-refractivity contribution < 1.29 is 17.9 Å². The van der Waals surface area contributed by atoms with Crippen LogP contribution in [0.1, 0.15) is 4.88 Å². The van der Waals surface area contributed by atoms with Crippen molar-refractivity contribution in [1.29, 1.82) is 0 Å². The Labute approximate surface area is 126 Å². The fraction of sp³-hybridized carbons (Fsp3) is 0.111. The number of nitrogens with one attached hydrogen (secondary N) is 1. The second-order valence-corrected chi connectivity index (χ2v) is 7.18. The van der Waals surface area contributed by atoms with Gasteiger partial charge in [0.05, 0.1) is 17.7 Å². The second-order valence-electron chi connectivity index (χ2n) is 3.34. The van der Waals surface area contributed by atoms with Crippen molar-refractivity contribution >= 4 is 66.5 Å². The highest BCUT2D eigenvalue weighted by Gasteiger charge is 2.24. The average molecular weight is 386 g/mol. The third kappa shape index (κ3) is 3.16. The summed E-state index contributed by atoms with van der Waals surface area (Å²) < 4.78 is 34.2. The van der Waals surface area contributed by atoms with E-state index in [0.29, 0.717) is 13.7 Å². The molecule has 0 unspecified atom stereocenters. The molecule has 102 valence electrons.